The molecule has 6 heteroatoms. The van der Waals surface area contributed by atoms with E-state index in [1.54, 1.807) is 0 Å². The number of hydrogen-bond donors (Lipinski definition) is 4. The van der Waals surface area contributed by atoms with E-state index in [9.17, 15) is 20.1 Å². The van der Waals surface area contributed by atoms with Crippen LogP contribution in [-0.4, -0.2) is 52.4 Å². The summed E-state index contributed by atoms with van der Waals surface area (Å²) in [5.74, 6) is 3.33. The fourth-order valence-corrected chi connectivity index (χ4v) is 10.9. The van der Waals surface area contributed by atoms with Crippen molar-refractivity contribution in [1.82, 2.24) is 5.32 Å². The van der Waals surface area contributed by atoms with E-state index in [0.29, 0.717) is 48.0 Å². The van der Waals surface area contributed by atoms with Gasteiger partial charge in [0.05, 0.1) is 24.9 Å². The highest BCUT2D eigenvalue weighted by molar-refractivity contribution is 5.67. The van der Waals surface area contributed by atoms with E-state index >= 15 is 0 Å². The number of rotatable bonds is 6. The highest BCUT2D eigenvalue weighted by Crippen LogP contribution is 2.69. The third kappa shape index (κ3) is 5.04. The zero-order valence-corrected chi connectivity index (χ0v) is 24.4. The lowest BCUT2D eigenvalue weighted by molar-refractivity contribution is -0.203. The fraction of sp³-hybridized carbons (Fsp3) is 0.969. The maximum absolute atomic E-state index is 12.4. The second-order valence-electron chi connectivity index (χ2n) is 14.7. The third-order valence-corrected chi connectivity index (χ3v) is 13.0. The van der Waals surface area contributed by atoms with Crippen LogP contribution in [0.4, 0.5) is 4.79 Å². The normalized spacial score (nSPS) is 49.3. The first kappa shape index (κ1) is 28.7. The van der Waals surface area contributed by atoms with Crippen LogP contribution in [0.1, 0.15) is 111 Å². The summed E-state index contributed by atoms with van der Waals surface area (Å²) in [5, 5.41) is 35.1. The van der Waals surface area contributed by atoms with E-state index in [0.717, 1.165) is 57.8 Å². The average Bonchev–Trinajstić information content (AvgIpc) is 3.24. The van der Waals surface area contributed by atoms with Crippen LogP contribution in [0.25, 0.3) is 0 Å². The molecular weight excluding hydrogens is 478 g/mol. The number of amides is 1. The predicted octanol–water partition coefficient (Wildman–Crippen LogP) is 5.67. The number of nitrogens with one attached hydrogen (secondary N) is 1. The second-order valence-corrected chi connectivity index (χ2v) is 14.7. The van der Waals surface area contributed by atoms with Gasteiger partial charge in [-0.15, -0.1) is 0 Å². The predicted molar refractivity (Wildman–Crippen MR) is 148 cm³/mol. The van der Waals surface area contributed by atoms with E-state index < -0.39 is 0 Å². The number of hydrogen-bond acceptors (Lipinski definition) is 5. The molecule has 4 N–H and O–H groups in total. The molecule has 38 heavy (non-hydrogen) atoms. The quantitative estimate of drug-likeness (QED) is 0.353. The van der Waals surface area contributed by atoms with Gasteiger partial charge in [-0.05, 0) is 129 Å². The van der Waals surface area contributed by atoms with Crippen LogP contribution >= 0.6 is 0 Å². The Morgan fingerprint density at radius 2 is 1.58 bits per heavy atom. The van der Waals surface area contributed by atoms with Crippen molar-refractivity contribution in [3.8, 4) is 0 Å². The van der Waals surface area contributed by atoms with Crippen molar-refractivity contribution in [2.75, 3.05) is 6.61 Å². The van der Waals surface area contributed by atoms with Crippen LogP contribution in [0, 0.1) is 52.3 Å². The standard InChI is InChI=1S/C32H55NO5/c1-5-23-27-18-22(35)12-15-32(27,4)26-13-16-31(3)24(10-11-25(31)28(26)29(23)36)19(2)14-17-38-30(37)33-20-6-8-21(34)9-7-20/h19-29,34-36H,5-18H2,1-4H3,(H,33,37)/t19-,20-,21-,22-,23-,24-,25+,26+,27+,28?,29-,31?,32-/m1/s1. The first-order chi connectivity index (χ1) is 18.1. The molecule has 5 fully saturated rings. The summed E-state index contributed by atoms with van der Waals surface area (Å²) in [7, 11) is 0. The van der Waals surface area contributed by atoms with Crippen LogP contribution in [0.3, 0.4) is 0 Å². The number of aliphatic hydroxyl groups is 3. The number of aliphatic hydroxyl groups excluding tert-OH is 3. The molecule has 0 saturated heterocycles. The van der Waals surface area contributed by atoms with Crippen LogP contribution in [-0.2, 0) is 4.74 Å². The zero-order valence-electron chi connectivity index (χ0n) is 24.4. The highest BCUT2D eigenvalue weighted by atomic mass is 16.5. The Kier molecular flexibility index (Phi) is 8.45. The van der Waals surface area contributed by atoms with E-state index in [1.165, 1.54) is 25.7 Å². The van der Waals surface area contributed by atoms with Gasteiger partial charge in [0.15, 0.2) is 0 Å². The number of alkyl carbamates (subject to hydrolysis) is 1. The van der Waals surface area contributed by atoms with Gasteiger partial charge >= 0.3 is 6.09 Å². The minimum absolute atomic E-state index is 0.121. The molecule has 0 aromatic heterocycles. The van der Waals surface area contributed by atoms with Crippen LogP contribution in [0.5, 0.6) is 0 Å². The van der Waals surface area contributed by atoms with Gasteiger partial charge in [-0.2, -0.15) is 0 Å². The lowest BCUT2D eigenvalue weighted by Crippen LogP contribution is -2.62. The number of carbonyl (C=O) groups is 1. The maximum atomic E-state index is 12.4. The Morgan fingerprint density at radius 1 is 0.895 bits per heavy atom. The van der Waals surface area contributed by atoms with Crippen LogP contribution in [0.2, 0.25) is 0 Å². The number of ether oxygens (including phenoxy) is 1. The highest BCUT2D eigenvalue weighted by Gasteiger charge is 2.64. The van der Waals surface area contributed by atoms with E-state index in [-0.39, 0.29) is 41.3 Å². The summed E-state index contributed by atoms with van der Waals surface area (Å²) in [4.78, 5) is 12.4. The van der Waals surface area contributed by atoms with Crippen molar-refractivity contribution in [1.29, 1.82) is 0 Å². The summed E-state index contributed by atoms with van der Waals surface area (Å²) in [6.07, 6.45) is 11.8. The molecule has 0 aliphatic heterocycles. The van der Waals surface area contributed by atoms with Gasteiger partial charge in [0, 0.05) is 6.04 Å². The Labute approximate surface area is 230 Å². The SMILES string of the molecule is CC[C@H]1[C@@H](O)C2[C@@H]3CC[C@H]([C@H](C)CCOC(=O)N[C@H]4CC[C@H](O)CC4)C3(C)CC[C@@H]2[C@@]2(C)CC[C@@H](O)C[C@@H]12. The molecule has 1 amide bonds. The number of carbonyl (C=O) groups excluding carboxylic acids is 1. The van der Waals surface area contributed by atoms with Gasteiger partial charge in [-0.1, -0.05) is 34.1 Å². The summed E-state index contributed by atoms with van der Waals surface area (Å²) < 4.78 is 5.61. The molecule has 0 bridgehead atoms. The molecule has 0 heterocycles. The van der Waals surface area contributed by atoms with Crippen LogP contribution < -0.4 is 5.32 Å². The second kappa shape index (κ2) is 11.2. The Balaban J connectivity index is 1.20. The molecular formula is C32H55NO5. The van der Waals surface area contributed by atoms with Gasteiger partial charge in [0.2, 0.25) is 0 Å². The molecule has 0 spiro atoms. The Bertz CT molecular complexity index is 829. The molecule has 218 valence electrons. The fourth-order valence-electron chi connectivity index (χ4n) is 10.9. The van der Waals surface area contributed by atoms with Gasteiger partial charge in [0.1, 0.15) is 0 Å². The average molecular weight is 534 g/mol. The lowest BCUT2D eigenvalue weighted by atomic mass is 9.41. The van der Waals surface area contributed by atoms with E-state index in [1.807, 2.05) is 0 Å². The molecule has 5 saturated carbocycles. The molecule has 11 atom stereocenters. The molecule has 0 aromatic rings. The van der Waals surface area contributed by atoms with Gasteiger partial charge < -0.3 is 25.4 Å². The first-order valence-corrected chi connectivity index (χ1v) is 16.1. The maximum Gasteiger partial charge on any atom is 0.407 e. The smallest absolute Gasteiger partial charge is 0.407 e. The number of fused-ring (bicyclic) bond motifs is 5. The van der Waals surface area contributed by atoms with Crippen molar-refractivity contribution in [2.45, 2.75) is 136 Å². The molecule has 0 radical (unpaired) electrons. The van der Waals surface area contributed by atoms with Gasteiger partial charge in [0.25, 0.3) is 0 Å². The summed E-state index contributed by atoms with van der Waals surface area (Å²) >= 11 is 0. The Morgan fingerprint density at radius 3 is 2.29 bits per heavy atom. The summed E-state index contributed by atoms with van der Waals surface area (Å²) in [6, 6.07) is 0.121. The summed E-state index contributed by atoms with van der Waals surface area (Å²) in [5.41, 5.74) is 0.481. The largest absolute Gasteiger partial charge is 0.450 e. The first-order valence-electron chi connectivity index (χ1n) is 16.1. The van der Waals surface area contributed by atoms with Crippen molar-refractivity contribution in [3.63, 3.8) is 0 Å². The zero-order chi connectivity index (χ0) is 27.2. The van der Waals surface area contributed by atoms with Crippen molar-refractivity contribution >= 4 is 6.09 Å². The molecule has 5 aliphatic rings. The molecule has 5 rings (SSSR count). The minimum Gasteiger partial charge on any atom is -0.450 e. The van der Waals surface area contributed by atoms with Crippen molar-refractivity contribution in [3.05, 3.63) is 0 Å². The molecule has 5 aliphatic carbocycles. The third-order valence-electron chi connectivity index (χ3n) is 13.0. The van der Waals surface area contributed by atoms with Crippen molar-refractivity contribution < 1.29 is 24.9 Å². The molecule has 2 unspecified atom stereocenters. The molecule has 6 nitrogen and oxygen atoms in total. The monoisotopic (exact) mass is 533 g/mol. The summed E-state index contributed by atoms with van der Waals surface area (Å²) in [6.45, 7) is 10.1. The van der Waals surface area contributed by atoms with Gasteiger partial charge in [-0.3, -0.25) is 0 Å². The lowest BCUT2D eigenvalue weighted by Gasteiger charge is -2.64. The van der Waals surface area contributed by atoms with Crippen LogP contribution in [0.15, 0.2) is 0 Å². The minimum atomic E-state index is -0.314. The van der Waals surface area contributed by atoms with Gasteiger partial charge in [-0.25, -0.2) is 4.79 Å². The topological polar surface area (TPSA) is 99.0 Å². The van der Waals surface area contributed by atoms with Crippen molar-refractivity contribution in [2.24, 2.45) is 52.3 Å². The van der Waals surface area contributed by atoms with E-state index in [2.05, 4.69) is 33.0 Å². The van der Waals surface area contributed by atoms with E-state index in [4.69, 9.17) is 4.74 Å². The Hall–Kier alpha value is -0.850. The molecule has 0 aromatic carbocycles.